The monoisotopic (exact) mass is 323 g/mol. The maximum Gasteiger partial charge on any atom is 0.139 e. The molecule has 114 valence electrons. The molecule has 0 unspecified atom stereocenters. The van der Waals surface area contributed by atoms with E-state index in [0.29, 0.717) is 11.5 Å². The fraction of sp³-hybridized carbons (Fsp3) is 0.625. The van der Waals surface area contributed by atoms with Crippen molar-refractivity contribution in [3.8, 4) is 0 Å². The molecule has 3 nitrogen and oxygen atoms in total. The standard InChI is InChI=1S/C16H22ClN3S/c1-16(2,3)10-4-6-11(7-5-10)20-14-13-12(17)8-21-15(13)19-9-18-14/h8-11H,4-7H2,1-3H3,(H,18,19,20)/t10-,11+. The van der Waals surface area contributed by atoms with Gasteiger partial charge < -0.3 is 5.32 Å². The van der Waals surface area contributed by atoms with Crippen molar-refractivity contribution in [2.75, 3.05) is 5.32 Å². The number of hydrogen-bond acceptors (Lipinski definition) is 4. The number of anilines is 1. The molecule has 2 aromatic rings. The fourth-order valence-electron chi connectivity index (χ4n) is 3.25. The molecule has 0 amide bonds. The Balaban J connectivity index is 1.71. The van der Waals surface area contributed by atoms with Gasteiger partial charge in [-0.2, -0.15) is 0 Å². The summed E-state index contributed by atoms with van der Waals surface area (Å²) < 4.78 is 0. The molecule has 1 aliphatic rings. The molecule has 21 heavy (non-hydrogen) atoms. The molecule has 2 aromatic heterocycles. The molecule has 0 aromatic carbocycles. The van der Waals surface area contributed by atoms with Gasteiger partial charge in [-0.1, -0.05) is 32.4 Å². The molecular formula is C16H22ClN3S. The maximum atomic E-state index is 6.27. The average molecular weight is 324 g/mol. The van der Waals surface area contributed by atoms with Crippen LogP contribution >= 0.6 is 22.9 Å². The second-order valence-corrected chi connectivity index (χ2v) is 8.31. The van der Waals surface area contributed by atoms with E-state index < -0.39 is 0 Å². The van der Waals surface area contributed by atoms with E-state index in [4.69, 9.17) is 11.6 Å². The fourth-order valence-corrected chi connectivity index (χ4v) is 4.38. The van der Waals surface area contributed by atoms with E-state index in [1.807, 2.05) is 5.38 Å². The van der Waals surface area contributed by atoms with Gasteiger partial charge in [-0.05, 0) is 37.0 Å². The Hall–Kier alpha value is -0.870. The molecular weight excluding hydrogens is 302 g/mol. The van der Waals surface area contributed by atoms with Crippen molar-refractivity contribution >= 4 is 39.0 Å². The van der Waals surface area contributed by atoms with Gasteiger partial charge in [0, 0.05) is 11.4 Å². The lowest BCUT2D eigenvalue weighted by atomic mass is 9.71. The van der Waals surface area contributed by atoms with Crippen LogP contribution in [0.2, 0.25) is 5.02 Å². The van der Waals surface area contributed by atoms with Gasteiger partial charge in [0.25, 0.3) is 0 Å². The van der Waals surface area contributed by atoms with Crippen molar-refractivity contribution in [3.05, 3.63) is 16.7 Å². The van der Waals surface area contributed by atoms with Gasteiger partial charge >= 0.3 is 0 Å². The minimum absolute atomic E-state index is 0.420. The van der Waals surface area contributed by atoms with Crippen molar-refractivity contribution in [3.63, 3.8) is 0 Å². The average Bonchev–Trinajstić information content (AvgIpc) is 2.81. The molecule has 1 fully saturated rings. The van der Waals surface area contributed by atoms with Gasteiger partial charge in [-0.3, -0.25) is 0 Å². The molecule has 2 heterocycles. The van der Waals surface area contributed by atoms with E-state index in [-0.39, 0.29) is 0 Å². The summed E-state index contributed by atoms with van der Waals surface area (Å²) in [5, 5.41) is 7.25. The molecule has 1 N–H and O–H groups in total. The normalized spacial score (nSPS) is 23.4. The van der Waals surface area contributed by atoms with E-state index in [9.17, 15) is 0 Å². The van der Waals surface area contributed by atoms with Crippen molar-refractivity contribution in [1.82, 2.24) is 9.97 Å². The number of rotatable bonds is 2. The summed E-state index contributed by atoms with van der Waals surface area (Å²) in [5.74, 6) is 1.72. The summed E-state index contributed by atoms with van der Waals surface area (Å²) in [6, 6.07) is 0.498. The van der Waals surface area contributed by atoms with Crippen LogP contribution in [0.1, 0.15) is 46.5 Å². The Bertz CT molecular complexity index is 624. The van der Waals surface area contributed by atoms with E-state index in [2.05, 4.69) is 36.1 Å². The Labute approximate surface area is 135 Å². The second kappa shape index (κ2) is 5.73. The number of fused-ring (bicyclic) bond motifs is 1. The number of halogens is 1. The first-order chi connectivity index (χ1) is 9.95. The zero-order valence-corrected chi connectivity index (χ0v) is 14.4. The van der Waals surface area contributed by atoms with Crippen LogP contribution < -0.4 is 5.32 Å². The molecule has 0 atom stereocenters. The van der Waals surface area contributed by atoms with Crippen molar-refractivity contribution in [2.24, 2.45) is 11.3 Å². The van der Waals surface area contributed by atoms with Crippen LogP contribution in [0.15, 0.2) is 11.7 Å². The predicted octanol–water partition coefficient (Wildman–Crippen LogP) is 5.36. The Kier molecular flexibility index (Phi) is 4.10. The largest absolute Gasteiger partial charge is 0.367 e. The third-order valence-corrected chi connectivity index (χ3v) is 5.93. The van der Waals surface area contributed by atoms with Gasteiger partial charge in [0.05, 0.1) is 10.4 Å². The number of thiophene rings is 1. The highest BCUT2D eigenvalue weighted by molar-refractivity contribution is 7.17. The molecule has 3 rings (SSSR count). The third-order valence-electron chi connectivity index (χ3n) is 4.62. The first-order valence-corrected chi connectivity index (χ1v) is 8.85. The van der Waals surface area contributed by atoms with Gasteiger partial charge in [0.1, 0.15) is 17.0 Å². The predicted molar refractivity (Wildman–Crippen MR) is 91.2 cm³/mol. The van der Waals surface area contributed by atoms with Crippen LogP contribution in [-0.2, 0) is 0 Å². The highest BCUT2D eigenvalue weighted by atomic mass is 35.5. The minimum Gasteiger partial charge on any atom is -0.367 e. The first-order valence-electron chi connectivity index (χ1n) is 7.59. The summed E-state index contributed by atoms with van der Waals surface area (Å²) >= 11 is 7.84. The minimum atomic E-state index is 0.420. The van der Waals surface area contributed by atoms with Gasteiger partial charge in [0.2, 0.25) is 0 Å². The van der Waals surface area contributed by atoms with E-state index in [1.165, 1.54) is 25.7 Å². The molecule has 1 aliphatic carbocycles. The van der Waals surface area contributed by atoms with Crippen molar-refractivity contribution in [1.29, 1.82) is 0 Å². The molecule has 0 saturated heterocycles. The van der Waals surface area contributed by atoms with E-state index >= 15 is 0 Å². The summed E-state index contributed by atoms with van der Waals surface area (Å²) in [4.78, 5) is 9.64. The van der Waals surface area contributed by atoms with Gasteiger partial charge in [-0.25, -0.2) is 9.97 Å². The summed E-state index contributed by atoms with van der Waals surface area (Å²) in [6.07, 6.45) is 6.60. The SMILES string of the molecule is CC(C)(C)[C@H]1CC[C@@H](Nc2ncnc3scc(Cl)c23)CC1. The van der Waals surface area contributed by atoms with Crippen LogP contribution in [0.25, 0.3) is 10.2 Å². The van der Waals surface area contributed by atoms with E-state index in [1.54, 1.807) is 17.7 Å². The third kappa shape index (κ3) is 3.16. The first kappa shape index (κ1) is 15.0. The summed E-state index contributed by atoms with van der Waals surface area (Å²) in [6.45, 7) is 7.06. The quantitative estimate of drug-likeness (QED) is 0.808. The van der Waals surface area contributed by atoms with Gasteiger partial charge in [0.15, 0.2) is 0 Å². The number of nitrogens with one attached hydrogen (secondary N) is 1. The van der Waals surface area contributed by atoms with Crippen LogP contribution in [-0.4, -0.2) is 16.0 Å². The Morgan fingerprint density at radius 1 is 1.19 bits per heavy atom. The van der Waals surface area contributed by atoms with E-state index in [0.717, 1.165) is 27.0 Å². The molecule has 1 saturated carbocycles. The molecule has 0 radical (unpaired) electrons. The highest BCUT2D eigenvalue weighted by Gasteiger charge is 2.30. The summed E-state index contributed by atoms with van der Waals surface area (Å²) in [5.41, 5.74) is 0.420. The molecule has 5 heteroatoms. The zero-order valence-electron chi connectivity index (χ0n) is 12.8. The molecule has 0 aliphatic heterocycles. The lowest BCUT2D eigenvalue weighted by Crippen LogP contribution is -2.31. The smallest absolute Gasteiger partial charge is 0.139 e. The molecule has 0 bridgehead atoms. The summed E-state index contributed by atoms with van der Waals surface area (Å²) in [7, 11) is 0. The Morgan fingerprint density at radius 2 is 1.90 bits per heavy atom. The Morgan fingerprint density at radius 3 is 2.57 bits per heavy atom. The zero-order chi connectivity index (χ0) is 15.0. The van der Waals surface area contributed by atoms with Crippen LogP contribution in [0.4, 0.5) is 5.82 Å². The number of hydrogen-bond donors (Lipinski definition) is 1. The maximum absolute atomic E-state index is 6.27. The topological polar surface area (TPSA) is 37.8 Å². The number of aromatic nitrogens is 2. The van der Waals surface area contributed by atoms with Crippen LogP contribution in [0, 0.1) is 11.3 Å². The molecule has 0 spiro atoms. The second-order valence-electron chi connectivity index (χ2n) is 7.04. The highest BCUT2D eigenvalue weighted by Crippen LogP contribution is 2.39. The lowest BCUT2D eigenvalue weighted by Gasteiger charge is -2.37. The lowest BCUT2D eigenvalue weighted by molar-refractivity contribution is 0.173. The van der Waals surface area contributed by atoms with Gasteiger partial charge in [-0.15, -0.1) is 11.3 Å². The van der Waals surface area contributed by atoms with Crippen molar-refractivity contribution in [2.45, 2.75) is 52.5 Å². The number of nitrogens with zero attached hydrogens (tertiary/aromatic N) is 2. The van der Waals surface area contributed by atoms with Crippen LogP contribution in [0.3, 0.4) is 0 Å². The van der Waals surface area contributed by atoms with Crippen LogP contribution in [0.5, 0.6) is 0 Å². The van der Waals surface area contributed by atoms with Crippen molar-refractivity contribution < 1.29 is 0 Å².